The number of carbonyl (C=O) groups excluding carboxylic acids is 1. The molecular weight excluding hydrogens is 993 g/mol. The van der Waals surface area contributed by atoms with Crippen LogP contribution in [0.2, 0.25) is 0 Å². The zero-order chi connectivity index (χ0) is 51.8. The molecule has 0 amide bonds. The number of thiocarbonyl (C=S) groups is 1. The highest BCUT2D eigenvalue weighted by Gasteiger charge is 2.52. The summed E-state index contributed by atoms with van der Waals surface area (Å²) in [5.41, 5.74) is 7.20. The average Bonchev–Trinajstić information content (AvgIpc) is 4.09. The van der Waals surface area contributed by atoms with Gasteiger partial charge in [-0.3, -0.25) is 14.3 Å². The lowest BCUT2D eigenvalue weighted by Crippen LogP contribution is -2.42. The van der Waals surface area contributed by atoms with Gasteiger partial charge in [-0.1, -0.05) is 152 Å². The van der Waals surface area contributed by atoms with Crippen molar-refractivity contribution in [1.29, 1.82) is 0 Å². The molecule has 11 rings (SSSR count). The summed E-state index contributed by atoms with van der Waals surface area (Å²) < 4.78 is 41.6. The molecule has 4 aliphatic heterocycles. The molecule has 4 aliphatic rings. The van der Waals surface area contributed by atoms with Crippen molar-refractivity contribution in [2.45, 2.75) is 25.0 Å². The molecule has 1 unspecified atom stereocenters. The Bertz CT molecular complexity index is 2650. The van der Waals surface area contributed by atoms with E-state index in [1.807, 2.05) is 115 Å². The van der Waals surface area contributed by atoms with Gasteiger partial charge in [0.05, 0.1) is 19.8 Å². The van der Waals surface area contributed by atoms with Crippen molar-refractivity contribution in [2.24, 2.45) is 0 Å². The van der Waals surface area contributed by atoms with Crippen LogP contribution in [-0.2, 0) is 18.6 Å². The van der Waals surface area contributed by atoms with E-state index in [0.29, 0.717) is 31.5 Å². The van der Waals surface area contributed by atoms with Gasteiger partial charge in [0.1, 0.15) is 12.1 Å². The van der Waals surface area contributed by atoms with Crippen LogP contribution in [0.5, 0.6) is 0 Å². The number of ether oxygens (including phenoxy) is 2. The first kappa shape index (κ1) is 54.8. The lowest BCUT2D eigenvalue weighted by atomic mass is 10.2. The van der Waals surface area contributed by atoms with Crippen molar-refractivity contribution < 1.29 is 23.4 Å². The van der Waals surface area contributed by atoms with E-state index < -0.39 is 15.9 Å². The summed E-state index contributed by atoms with van der Waals surface area (Å²) >= 11 is 5.39. The highest BCUT2D eigenvalue weighted by molar-refractivity contribution is 7.80. The molecule has 7 aromatic rings. The van der Waals surface area contributed by atoms with E-state index in [4.69, 9.17) is 26.2 Å². The summed E-state index contributed by atoms with van der Waals surface area (Å²) in [4.78, 5) is 12.4. The Morgan fingerprint density at radius 3 is 1.40 bits per heavy atom. The normalized spacial score (nSPS) is 16.7. The fraction of sp³-hybridized carbons (Fsp3) is 0.267. The van der Waals surface area contributed by atoms with Crippen LogP contribution < -0.4 is 29.3 Å². The SMILES string of the molecule is C1CCOCC1.O=Cc1ccccc1.O=P1(C(c2ccccc2)N2CCOCC2)N(c2ccccc2)CCN1c1ccccc1.S=C(NCCOP1N(c2ccccc2)CCN1c1ccccc1)Nc1ccccc1. The number of nitrogens with zero attached hydrogens (tertiary/aromatic N) is 5. The van der Waals surface area contributed by atoms with Crippen molar-refractivity contribution in [3.8, 4) is 0 Å². The van der Waals surface area contributed by atoms with E-state index in [1.165, 1.54) is 30.6 Å². The van der Waals surface area contributed by atoms with E-state index >= 15 is 4.57 Å². The number of anilines is 5. The number of aldehydes is 1. The molecule has 1 atom stereocenters. The van der Waals surface area contributed by atoms with Gasteiger partial charge < -0.3 is 43.3 Å². The first-order valence-electron chi connectivity index (χ1n) is 25.9. The number of hydrogen-bond acceptors (Lipinski definition) is 9. The Balaban J connectivity index is 0.000000158. The summed E-state index contributed by atoms with van der Waals surface area (Å²) in [6, 6.07) is 70.7. The van der Waals surface area contributed by atoms with E-state index in [2.05, 4.69) is 119 Å². The third kappa shape index (κ3) is 15.6. The molecule has 7 aromatic carbocycles. The lowest BCUT2D eigenvalue weighted by Gasteiger charge is -2.44. The van der Waals surface area contributed by atoms with Gasteiger partial charge in [0.2, 0.25) is 8.45 Å². The Morgan fingerprint density at radius 1 is 0.547 bits per heavy atom. The van der Waals surface area contributed by atoms with Gasteiger partial charge in [0, 0.05) is 93.0 Å². The molecule has 4 fully saturated rings. The zero-order valence-corrected chi connectivity index (χ0v) is 45.2. The highest BCUT2D eigenvalue weighted by Crippen LogP contribution is 2.69. The van der Waals surface area contributed by atoms with E-state index in [-0.39, 0.29) is 5.78 Å². The minimum atomic E-state index is -3.10. The fourth-order valence-electron chi connectivity index (χ4n) is 9.22. The summed E-state index contributed by atoms with van der Waals surface area (Å²) in [7, 11) is -4.04. The molecule has 12 nitrogen and oxygen atoms in total. The molecule has 0 aromatic heterocycles. The van der Waals surface area contributed by atoms with Crippen LogP contribution in [-0.4, -0.2) is 95.1 Å². The second-order valence-electron chi connectivity index (χ2n) is 17.9. The molecular formula is C60H69N7O5P2S. The second-order valence-corrected chi connectivity index (χ2v) is 22.7. The number of benzene rings is 7. The third-order valence-electron chi connectivity index (χ3n) is 12.8. The van der Waals surface area contributed by atoms with Gasteiger partial charge in [0.25, 0.3) is 7.44 Å². The van der Waals surface area contributed by atoms with Gasteiger partial charge >= 0.3 is 0 Å². The quantitative estimate of drug-likeness (QED) is 0.0496. The molecule has 2 N–H and O–H groups in total. The van der Waals surface area contributed by atoms with Crippen LogP contribution >= 0.6 is 28.1 Å². The van der Waals surface area contributed by atoms with Gasteiger partial charge in [-0.2, -0.15) is 0 Å². The van der Waals surface area contributed by atoms with Crippen molar-refractivity contribution in [3.05, 3.63) is 223 Å². The zero-order valence-electron chi connectivity index (χ0n) is 42.5. The smallest absolute Gasteiger partial charge is 0.284 e. The topological polar surface area (TPSA) is 102 Å². The Labute approximate surface area is 450 Å². The summed E-state index contributed by atoms with van der Waals surface area (Å²) in [6.45, 7) is 9.41. The molecule has 75 heavy (non-hydrogen) atoms. The van der Waals surface area contributed by atoms with Gasteiger partial charge in [-0.15, -0.1) is 0 Å². The summed E-state index contributed by atoms with van der Waals surface area (Å²) in [5, 5.41) is 7.02. The van der Waals surface area contributed by atoms with Crippen LogP contribution in [0.3, 0.4) is 0 Å². The first-order valence-corrected chi connectivity index (χ1v) is 29.2. The maximum atomic E-state index is 15.4. The van der Waals surface area contributed by atoms with E-state index in [9.17, 15) is 4.79 Å². The Kier molecular flexibility index (Phi) is 21.7. The molecule has 0 aliphatic carbocycles. The molecule has 0 bridgehead atoms. The first-order chi connectivity index (χ1) is 37.0. The van der Waals surface area contributed by atoms with Gasteiger partial charge in [-0.05, 0) is 97.7 Å². The highest BCUT2D eigenvalue weighted by atomic mass is 32.1. The van der Waals surface area contributed by atoms with Crippen LogP contribution in [0.25, 0.3) is 0 Å². The van der Waals surface area contributed by atoms with Gasteiger partial charge in [0.15, 0.2) is 5.11 Å². The summed E-state index contributed by atoms with van der Waals surface area (Å²) in [6.07, 6.45) is 4.76. The molecule has 15 heteroatoms. The third-order valence-corrected chi connectivity index (χ3v) is 18.7. The minimum Gasteiger partial charge on any atom is -0.381 e. The predicted octanol–water partition coefficient (Wildman–Crippen LogP) is 13.2. The average molecular weight is 1060 g/mol. The van der Waals surface area contributed by atoms with Crippen LogP contribution in [0.1, 0.15) is 41.0 Å². The fourth-order valence-corrected chi connectivity index (χ4v) is 15.1. The van der Waals surface area contributed by atoms with Crippen LogP contribution in [0.15, 0.2) is 212 Å². The molecule has 0 radical (unpaired) electrons. The minimum absolute atomic E-state index is 0.236. The Morgan fingerprint density at radius 2 is 0.973 bits per heavy atom. The van der Waals surface area contributed by atoms with Crippen molar-refractivity contribution in [2.75, 3.05) is 103 Å². The number of rotatable bonds is 13. The molecule has 4 saturated heterocycles. The largest absolute Gasteiger partial charge is 0.381 e. The monoisotopic (exact) mass is 1060 g/mol. The van der Waals surface area contributed by atoms with Crippen molar-refractivity contribution in [1.82, 2.24) is 10.2 Å². The van der Waals surface area contributed by atoms with E-state index in [0.717, 1.165) is 87.0 Å². The van der Waals surface area contributed by atoms with Crippen molar-refractivity contribution >= 4 is 67.9 Å². The number of carbonyl (C=O) groups is 1. The summed E-state index contributed by atoms with van der Waals surface area (Å²) in [5.74, 6) is -0.236. The van der Waals surface area contributed by atoms with E-state index in [1.54, 1.807) is 12.1 Å². The molecule has 0 spiro atoms. The van der Waals surface area contributed by atoms with Gasteiger partial charge in [-0.25, -0.2) is 0 Å². The Hall–Kier alpha value is -6.40. The number of nitrogens with one attached hydrogen (secondary N) is 2. The predicted molar refractivity (Wildman–Crippen MR) is 314 cm³/mol. The second kappa shape index (κ2) is 29.6. The standard InChI is InChI=1S/C25H28N3O2P.C23H25N4OPS.C7H6O.C5H10O/c29-31(25(22-10-4-1-5-11-22)26-18-20-30-21-19-26)27(23-12-6-2-7-13-23)16-17-28(31)24-14-8-3-9-15-24;30-23(25-20-10-4-1-5-11-20)24-16-19-28-29-26(21-12-6-2-7-13-21)17-18-27(29)22-14-8-3-9-15-22;8-6-7-4-2-1-3-5-7;1-2-4-6-5-3-1/h1-15,25H,16-21H2;1-15H,16-19H2,(H2,24,25,30);1-6H;1-5H2. The lowest BCUT2D eigenvalue weighted by molar-refractivity contribution is 0.0303. The molecule has 390 valence electrons. The maximum absolute atomic E-state index is 15.4. The van der Waals surface area contributed by atoms with Crippen LogP contribution in [0.4, 0.5) is 28.4 Å². The number of para-hydroxylation sites is 5. The molecule has 0 saturated carbocycles. The van der Waals surface area contributed by atoms with Crippen LogP contribution in [0, 0.1) is 0 Å². The van der Waals surface area contributed by atoms with Crippen molar-refractivity contribution in [3.63, 3.8) is 0 Å². The number of morpholine rings is 1. The molecule has 4 heterocycles. The maximum Gasteiger partial charge on any atom is 0.284 e. The number of hydrogen-bond donors (Lipinski definition) is 2.